The molecule has 0 bridgehead atoms. The van der Waals surface area contributed by atoms with Gasteiger partial charge in [0.25, 0.3) is 0 Å². The van der Waals surface area contributed by atoms with E-state index >= 15 is 0 Å². The van der Waals surface area contributed by atoms with Gasteiger partial charge >= 0.3 is 5.51 Å². The fraction of sp³-hybridized carbons (Fsp3) is 0.188. The summed E-state index contributed by atoms with van der Waals surface area (Å²) >= 11 is -0.265. The SMILES string of the molecule is O=C(COCc1ccccc1)Nc1ccccc1SC(F)(F)F. The highest BCUT2D eigenvalue weighted by Gasteiger charge is 2.30. The van der Waals surface area contributed by atoms with Crippen LogP contribution in [0.5, 0.6) is 0 Å². The van der Waals surface area contributed by atoms with Crippen molar-refractivity contribution in [3.8, 4) is 0 Å². The van der Waals surface area contributed by atoms with Crippen LogP contribution in [0.3, 0.4) is 0 Å². The van der Waals surface area contributed by atoms with E-state index in [4.69, 9.17) is 4.74 Å². The Morgan fingerprint density at radius 2 is 1.70 bits per heavy atom. The number of thioether (sulfide) groups is 1. The molecule has 0 spiro atoms. The molecule has 0 fully saturated rings. The maximum atomic E-state index is 12.5. The summed E-state index contributed by atoms with van der Waals surface area (Å²) in [5.41, 5.74) is -3.39. The number of amides is 1. The minimum Gasteiger partial charge on any atom is -0.367 e. The van der Waals surface area contributed by atoms with Gasteiger partial charge in [0.2, 0.25) is 5.91 Å². The van der Waals surface area contributed by atoms with E-state index in [1.54, 1.807) is 6.07 Å². The van der Waals surface area contributed by atoms with Crippen LogP contribution in [0.15, 0.2) is 59.5 Å². The number of benzene rings is 2. The molecular formula is C16H14F3NO2S. The first-order chi connectivity index (χ1) is 10.9. The number of anilines is 1. The lowest BCUT2D eigenvalue weighted by Crippen LogP contribution is -2.19. The number of halogens is 3. The number of alkyl halides is 3. The molecule has 0 aliphatic heterocycles. The molecule has 0 aliphatic carbocycles. The summed E-state index contributed by atoms with van der Waals surface area (Å²) in [6.45, 7) is 0.0210. The van der Waals surface area contributed by atoms with Crippen LogP contribution in [-0.2, 0) is 16.1 Å². The first-order valence-corrected chi connectivity index (χ1v) is 7.52. The third-order valence-corrected chi connectivity index (χ3v) is 3.54. The van der Waals surface area contributed by atoms with Crippen LogP contribution >= 0.6 is 11.8 Å². The molecule has 2 rings (SSSR count). The highest BCUT2D eigenvalue weighted by atomic mass is 32.2. The van der Waals surface area contributed by atoms with Gasteiger partial charge in [-0.15, -0.1) is 0 Å². The van der Waals surface area contributed by atoms with E-state index in [2.05, 4.69) is 5.32 Å². The first kappa shape index (κ1) is 17.4. The Morgan fingerprint density at radius 1 is 1.04 bits per heavy atom. The second kappa shape index (κ2) is 8.03. The van der Waals surface area contributed by atoms with Crippen LogP contribution in [0.25, 0.3) is 0 Å². The van der Waals surface area contributed by atoms with Gasteiger partial charge in [0.15, 0.2) is 0 Å². The van der Waals surface area contributed by atoms with Gasteiger partial charge in [-0.3, -0.25) is 4.79 Å². The van der Waals surface area contributed by atoms with E-state index in [0.717, 1.165) is 5.56 Å². The molecule has 3 nitrogen and oxygen atoms in total. The average molecular weight is 341 g/mol. The van der Waals surface area contributed by atoms with Gasteiger partial charge < -0.3 is 10.1 Å². The largest absolute Gasteiger partial charge is 0.446 e. The summed E-state index contributed by atoms with van der Waals surface area (Å²) in [4.78, 5) is 11.7. The number of carbonyl (C=O) groups excluding carboxylic acids is 1. The number of nitrogens with one attached hydrogen (secondary N) is 1. The zero-order valence-electron chi connectivity index (χ0n) is 12.0. The van der Waals surface area contributed by atoms with Crippen molar-refractivity contribution in [3.63, 3.8) is 0 Å². The van der Waals surface area contributed by atoms with E-state index in [0.29, 0.717) is 0 Å². The molecule has 0 aromatic heterocycles. The molecule has 1 amide bonds. The fourth-order valence-electron chi connectivity index (χ4n) is 1.81. The van der Waals surface area contributed by atoms with Crippen LogP contribution in [0.4, 0.5) is 18.9 Å². The van der Waals surface area contributed by atoms with Crippen LogP contribution in [0.2, 0.25) is 0 Å². The van der Waals surface area contributed by atoms with Crippen molar-refractivity contribution >= 4 is 23.4 Å². The van der Waals surface area contributed by atoms with Gasteiger partial charge in [0.1, 0.15) is 6.61 Å². The zero-order chi connectivity index (χ0) is 16.7. The third kappa shape index (κ3) is 6.33. The number of rotatable bonds is 6. The highest BCUT2D eigenvalue weighted by Crippen LogP contribution is 2.40. The average Bonchev–Trinajstić information content (AvgIpc) is 2.49. The van der Waals surface area contributed by atoms with Crippen molar-refractivity contribution < 1.29 is 22.7 Å². The number of hydrogen-bond donors (Lipinski definition) is 1. The minimum absolute atomic E-state index is 0.0589. The maximum Gasteiger partial charge on any atom is 0.446 e. The molecule has 0 saturated heterocycles. The van der Waals surface area contributed by atoms with E-state index in [9.17, 15) is 18.0 Å². The smallest absolute Gasteiger partial charge is 0.367 e. The van der Waals surface area contributed by atoms with Gasteiger partial charge in [0.05, 0.1) is 12.3 Å². The number of carbonyl (C=O) groups is 1. The van der Waals surface area contributed by atoms with Crippen molar-refractivity contribution in [2.45, 2.75) is 17.0 Å². The second-order valence-corrected chi connectivity index (χ2v) is 5.68. The van der Waals surface area contributed by atoms with Crippen LogP contribution in [0.1, 0.15) is 5.56 Å². The molecular weight excluding hydrogens is 327 g/mol. The standard InChI is InChI=1S/C16H14F3NO2S/c17-16(18,19)23-14-9-5-4-8-13(14)20-15(21)11-22-10-12-6-2-1-3-7-12/h1-9H,10-11H2,(H,20,21). The normalized spacial score (nSPS) is 11.3. The Bertz CT molecular complexity index is 647. The lowest BCUT2D eigenvalue weighted by Gasteiger charge is -2.12. The van der Waals surface area contributed by atoms with Crippen molar-refractivity contribution in [1.82, 2.24) is 0 Å². The van der Waals surface area contributed by atoms with E-state index in [1.807, 2.05) is 30.3 Å². The minimum atomic E-state index is -4.41. The second-order valence-electron chi connectivity index (χ2n) is 4.57. The molecule has 1 N–H and O–H groups in total. The molecule has 0 atom stereocenters. The van der Waals surface area contributed by atoms with Crippen LogP contribution in [0, 0.1) is 0 Å². The number of hydrogen-bond acceptors (Lipinski definition) is 3. The number of para-hydroxylation sites is 1. The lowest BCUT2D eigenvalue weighted by atomic mass is 10.2. The van der Waals surface area contributed by atoms with Crippen molar-refractivity contribution in [2.24, 2.45) is 0 Å². The predicted molar refractivity (Wildman–Crippen MR) is 83.1 cm³/mol. The summed E-state index contributed by atoms with van der Waals surface area (Å²) < 4.78 is 42.7. The first-order valence-electron chi connectivity index (χ1n) is 6.70. The Morgan fingerprint density at radius 3 is 2.39 bits per heavy atom. The highest BCUT2D eigenvalue weighted by molar-refractivity contribution is 8.00. The predicted octanol–water partition coefficient (Wildman–Crippen LogP) is 4.45. The summed E-state index contributed by atoms with van der Waals surface area (Å²) in [6, 6.07) is 15.0. The van der Waals surface area contributed by atoms with Crippen LogP contribution in [-0.4, -0.2) is 18.0 Å². The topological polar surface area (TPSA) is 38.3 Å². The summed E-state index contributed by atoms with van der Waals surface area (Å²) in [5.74, 6) is -0.504. The maximum absolute atomic E-state index is 12.5. The van der Waals surface area contributed by atoms with Gasteiger partial charge in [-0.1, -0.05) is 42.5 Å². The fourth-order valence-corrected chi connectivity index (χ4v) is 2.43. The monoisotopic (exact) mass is 341 g/mol. The quantitative estimate of drug-likeness (QED) is 0.789. The molecule has 0 aliphatic rings. The van der Waals surface area contributed by atoms with Gasteiger partial charge in [-0.05, 0) is 29.5 Å². The molecule has 0 heterocycles. The van der Waals surface area contributed by atoms with Crippen LogP contribution < -0.4 is 5.32 Å². The molecule has 0 saturated carbocycles. The Hall–Kier alpha value is -1.99. The summed E-state index contributed by atoms with van der Waals surface area (Å²) in [7, 11) is 0. The van der Waals surface area contributed by atoms with Gasteiger partial charge in [-0.2, -0.15) is 13.2 Å². The summed E-state index contributed by atoms with van der Waals surface area (Å²) in [5, 5.41) is 2.43. The Labute approximate surface area is 135 Å². The third-order valence-electron chi connectivity index (χ3n) is 2.73. The van der Waals surface area contributed by atoms with E-state index in [1.165, 1.54) is 18.2 Å². The molecule has 23 heavy (non-hydrogen) atoms. The lowest BCUT2D eigenvalue weighted by molar-refractivity contribution is -0.121. The summed E-state index contributed by atoms with van der Waals surface area (Å²) in [6.07, 6.45) is 0. The molecule has 122 valence electrons. The van der Waals surface area contributed by atoms with E-state index < -0.39 is 11.4 Å². The number of ether oxygens (including phenoxy) is 1. The van der Waals surface area contributed by atoms with Gasteiger partial charge in [-0.25, -0.2) is 0 Å². The van der Waals surface area contributed by atoms with Crippen molar-refractivity contribution in [3.05, 3.63) is 60.2 Å². The van der Waals surface area contributed by atoms with Crippen molar-refractivity contribution in [1.29, 1.82) is 0 Å². The molecule has 0 radical (unpaired) electrons. The molecule has 0 unspecified atom stereocenters. The van der Waals surface area contributed by atoms with E-state index in [-0.39, 0.29) is 35.6 Å². The zero-order valence-corrected chi connectivity index (χ0v) is 12.8. The van der Waals surface area contributed by atoms with Crippen molar-refractivity contribution in [2.75, 3.05) is 11.9 Å². The Kier molecular flexibility index (Phi) is 6.06. The molecule has 7 heteroatoms. The molecule has 2 aromatic rings. The Balaban J connectivity index is 1.88. The van der Waals surface area contributed by atoms with Gasteiger partial charge in [0, 0.05) is 4.90 Å². The molecule has 2 aromatic carbocycles.